The standard InChI is InChI=1S/C21H24FN3O3S.ClH/c1-4-27-16-6-8-17(9-7-16)28-14-20(26)25(12-11-24(2)3)21-23-18-10-5-15(22)13-19(18)29-21;/h5-10,13H,4,11-12,14H2,1-3H3;1H. The summed E-state index contributed by atoms with van der Waals surface area (Å²) in [4.78, 5) is 21.0. The van der Waals surface area contributed by atoms with Crippen LogP contribution in [-0.4, -0.2) is 56.2 Å². The van der Waals surface area contributed by atoms with Crippen molar-refractivity contribution >= 4 is 45.0 Å². The lowest BCUT2D eigenvalue weighted by Gasteiger charge is -2.22. The van der Waals surface area contributed by atoms with Crippen LogP contribution in [0.1, 0.15) is 6.92 Å². The van der Waals surface area contributed by atoms with E-state index in [9.17, 15) is 9.18 Å². The van der Waals surface area contributed by atoms with Crippen LogP contribution < -0.4 is 14.4 Å². The number of carbonyl (C=O) groups excluding carboxylic acids is 1. The molecule has 1 amide bonds. The van der Waals surface area contributed by atoms with Crippen molar-refractivity contribution in [3.05, 3.63) is 48.3 Å². The molecule has 3 aromatic rings. The molecular weight excluding hydrogens is 429 g/mol. The first-order valence-electron chi connectivity index (χ1n) is 9.33. The number of hydrogen-bond donors (Lipinski definition) is 0. The van der Waals surface area contributed by atoms with Crippen molar-refractivity contribution in [1.29, 1.82) is 0 Å². The number of aromatic nitrogens is 1. The number of carbonyl (C=O) groups is 1. The molecule has 0 N–H and O–H groups in total. The predicted octanol–water partition coefficient (Wildman–Crippen LogP) is 4.23. The van der Waals surface area contributed by atoms with Crippen molar-refractivity contribution in [2.45, 2.75) is 6.92 Å². The average Bonchev–Trinajstić information content (AvgIpc) is 3.10. The molecule has 0 saturated heterocycles. The number of rotatable bonds is 9. The lowest BCUT2D eigenvalue weighted by molar-refractivity contribution is -0.120. The number of benzene rings is 2. The molecule has 3 rings (SSSR count). The Morgan fingerprint density at radius 3 is 2.37 bits per heavy atom. The van der Waals surface area contributed by atoms with Gasteiger partial charge in [-0.1, -0.05) is 11.3 Å². The van der Waals surface area contributed by atoms with E-state index < -0.39 is 0 Å². The van der Waals surface area contributed by atoms with Crippen molar-refractivity contribution in [3.8, 4) is 11.5 Å². The maximum atomic E-state index is 13.5. The smallest absolute Gasteiger partial charge is 0.266 e. The van der Waals surface area contributed by atoms with Gasteiger partial charge in [0, 0.05) is 13.1 Å². The number of thiazole rings is 1. The van der Waals surface area contributed by atoms with Gasteiger partial charge in [0.25, 0.3) is 5.91 Å². The summed E-state index contributed by atoms with van der Waals surface area (Å²) in [6, 6.07) is 11.6. The average molecular weight is 454 g/mol. The van der Waals surface area contributed by atoms with E-state index in [1.807, 2.05) is 25.9 Å². The van der Waals surface area contributed by atoms with Crippen LogP contribution in [-0.2, 0) is 4.79 Å². The SMILES string of the molecule is CCOc1ccc(OCC(=O)N(CCN(C)C)c2nc3ccc(F)cc3s2)cc1.Cl. The van der Waals surface area contributed by atoms with E-state index in [0.29, 0.717) is 40.8 Å². The Hall–Kier alpha value is -2.42. The summed E-state index contributed by atoms with van der Waals surface area (Å²) in [7, 11) is 3.87. The fourth-order valence-corrected chi connectivity index (χ4v) is 3.68. The zero-order valence-corrected chi connectivity index (χ0v) is 18.8. The number of anilines is 1. The fourth-order valence-electron chi connectivity index (χ4n) is 2.65. The van der Waals surface area contributed by atoms with Gasteiger partial charge in [-0.2, -0.15) is 0 Å². The van der Waals surface area contributed by atoms with E-state index in [1.54, 1.807) is 35.2 Å². The summed E-state index contributed by atoms with van der Waals surface area (Å²) < 4.78 is 25.3. The summed E-state index contributed by atoms with van der Waals surface area (Å²) in [6.45, 7) is 3.51. The fraction of sp³-hybridized carbons (Fsp3) is 0.333. The van der Waals surface area contributed by atoms with Crippen LogP contribution in [0.5, 0.6) is 11.5 Å². The van der Waals surface area contributed by atoms with E-state index in [-0.39, 0.29) is 30.7 Å². The molecule has 0 spiro atoms. The van der Waals surface area contributed by atoms with Gasteiger partial charge in [0.15, 0.2) is 11.7 Å². The van der Waals surface area contributed by atoms with E-state index in [0.717, 1.165) is 5.75 Å². The topological polar surface area (TPSA) is 54.9 Å². The molecule has 0 unspecified atom stereocenters. The van der Waals surface area contributed by atoms with Crippen molar-refractivity contribution in [1.82, 2.24) is 9.88 Å². The minimum Gasteiger partial charge on any atom is -0.494 e. The predicted molar refractivity (Wildman–Crippen MR) is 121 cm³/mol. The Balaban J connectivity index is 0.00000320. The molecule has 0 aliphatic rings. The Morgan fingerprint density at radius 1 is 1.07 bits per heavy atom. The van der Waals surface area contributed by atoms with Crippen LogP contribution in [0.2, 0.25) is 0 Å². The number of likely N-dealkylation sites (N-methyl/N-ethyl adjacent to an activating group) is 1. The van der Waals surface area contributed by atoms with Gasteiger partial charge in [-0.25, -0.2) is 9.37 Å². The van der Waals surface area contributed by atoms with Gasteiger partial charge in [-0.05, 0) is 63.5 Å². The van der Waals surface area contributed by atoms with Gasteiger partial charge in [-0.3, -0.25) is 9.69 Å². The van der Waals surface area contributed by atoms with Gasteiger partial charge in [0.2, 0.25) is 0 Å². The molecule has 0 fully saturated rings. The number of nitrogens with zero attached hydrogens (tertiary/aromatic N) is 3. The number of hydrogen-bond acceptors (Lipinski definition) is 6. The summed E-state index contributed by atoms with van der Waals surface area (Å²) in [6.07, 6.45) is 0. The Morgan fingerprint density at radius 2 is 1.73 bits per heavy atom. The minimum atomic E-state index is -0.322. The Labute approximate surface area is 185 Å². The number of ether oxygens (including phenoxy) is 2. The third kappa shape index (κ3) is 6.29. The molecule has 0 aliphatic heterocycles. The maximum Gasteiger partial charge on any atom is 0.266 e. The first kappa shape index (κ1) is 23.9. The molecule has 1 aromatic heterocycles. The minimum absolute atomic E-state index is 0. The molecular formula is C21H25ClFN3O3S. The van der Waals surface area contributed by atoms with Crippen LogP contribution in [0.25, 0.3) is 10.2 Å². The molecule has 30 heavy (non-hydrogen) atoms. The molecule has 6 nitrogen and oxygen atoms in total. The Bertz CT molecular complexity index is 966. The number of amides is 1. The first-order chi connectivity index (χ1) is 14.0. The van der Waals surface area contributed by atoms with Crippen molar-refractivity contribution < 1.29 is 18.7 Å². The van der Waals surface area contributed by atoms with E-state index in [4.69, 9.17) is 9.47 Å². The second-order valence-electron chi connectivity index (χ2n) is 6.65. The highest BCUT2D eigenvalue weighted by molar-refractivity contribution is 7.22. The molecule has 0 bridgehead atoms. The Kier molecular flexibility index (Phi) is 8.83. The van der Waals surface area contributed by atoms with Gasteiger partial charge < -0.3 is 14.4 Å². The highest BCUT2D eigenvalue weighted by Gasteiger charge is 2.20. The molecule has 9 heteroatoms. The third-order valence-corrected chi connectivity index (χ3v) is 5.18. The molecule has 0 aliphatic carbocycles. The van der Waals surface area contributed by atoms with Crippen LogP contribution in [0.4, 0.5) is 9.52 Å². The van der Waals surface area contributed by atoms with Gasteiger partial charge >= 0.3 is 0 Å². The van der Waals surface area contributed by atoms with Crippen LogP contribution in [0.3, 0.4) is 0 Å². The molecule has 0 atom stereocenters. The van der Waals surface area contributed by atoms with Gasteiger partial charge in [0.1, 0.15) is 17.3 Å². The monoisotopic (exact) mass is 453 g/mol. The summed E-state index contributed by atoms with van der Waals surface area (Å²) in [5.74, 6) is 0.805. The number of fused-ring (bicyclic) bond motifs is 1. The van der Waals surface area contributed by atoms with E-state index in [2.05, 4.69) is 4.98 Å². The molecule has 0 radical (unpaired) electrons. The maximum absolute atomic E-state index is 13.5. The molecule has 2 aromatic carbocycles. The summed E-state index contributed by atoms with van der Waals surface area (Å²) in [5, 5.41) is 0.535. The second-order valence-corrected chi connectivity index (χ2v) is 7.66. The van der Waals surface area contributed by atoms with E-state index >= 15 is 0 Å². The third-order valence-electron chi connectivity index (χ3n) is 4.14. The molecule has 1 heterocycles. The lowest BCUT2D eigenvalue weighted by atomic mass is 10.3. The zero-order chi connectivity index (χ0) is 20.8. The quantitative estimate of drug-likeness (QED) is 0.485. The normalized spacial score (nSPS) is 10.7. The van der Waals surface area contributed by atoms with Crippen LogP contribution in [0.15, 0.2) is 42.5 Å². The van der Waals surface area contributed by atoms with Crippen molar-refractivity contribution in [2.24, 2.45) is 0 Å². The highest BCUT2D eigenvalue weighted by Crippen LogP contribution is 2.29. The summed E-state index contributed by atoms with van der Waals surface area (Å²) in [5.41, 5.74) is 0.668. The van der Waals surface area contributed by atoms with Gasteiger partial charge in [-0.15, -0.1) is 12.4 Å². The number of halogens is 2. The van der Waals surface area contributed by atoms with Crippen LogP contribution in [0, 0.1) is 5.82 Å². The summed E-state index contributed by atoms with van der Waals surface area (Å²) >= 11 is 1.29. The zero-order valence-electron chi connectivity index (χ0n) is 17.1. The van der Waals surface area contributed by atoms with E-state index in [1.165, 1.54) is 23.5 Å². The van der Waals surface area contributed by atoms with Crippen LogP contribution >= 0.6 is 23.7 Å². The lowest BCUT2D eigenvalue weighted by Crippen LogP contribution is -2.39. The molecule has 162 valence electrons. The molecule has 0 saturated carbocycles. The van der Waals surface area contributed by atoms with Crippen molar-refractivity contribution in [2.75, 3.05) is 45.3 Å². The highest BCUT2D eigenvalue weighted by atomic mass is 35.5. The van der Waals surface area contributed by atoms with Gasteiger partial charge in [0.05, 0.1) is 16.8 Å². The second kappa shape index (κ2) is 11.1. The first-order valence-corrected chi connectivity index (χ1v) is 10.1. The van der Waals surface area contributed by atoms with Crippen molar-refractivity contribution in [3.63, 3.8) is 0 Å². The largest absolute Gasteiger partial charge is 0.494 e.